The Morgan fingerprint density at radius 2 is 1.68 bits per heavy atom. The third-order valence-corrected chi connectivity index (χ3v) is 6.11. The minimum Gasteiger partial charge on any atom is -0.487 e. The molecule has 2 aliphatic rings. The zero-order chi connectivity index (χ0) is 22.7. The fraction of sp³-hybridized carbons (Fsp3) is 0.333. The molecule has 3 aromatic rings. The molecule has 2 heterocycles. The summed E-state index contributed by atoms with van der Waals surface area (Å²) in [5.41, 5.74) is 14.7. The molecule has 1 aliphatic heterocycles. The first kappa shape index (κ1) is 23.6. The second kappa shape index (κ2) is 10.1. The van der Waals surface area contributed by atoms with Gasteiger partial charge in [-0.2, -0.15) is 4.99 Å². The van der Waals surface area contributed by atoms with Gasteiger partial charge < -0.3 is 16.2 Å². The van der Waals surface area contributed by atoms with E-state index in [0.717, 1.165) is 42.8 Å². The molecule has 0 saturated heterocycles. The highest BCUT2D eigenvalue weighted by Crippen LogP contribution is 2.39. The van der Waals surface area contributed by atoms with Crippen LogP contribution >= 0.6 is 12.4 Å². The lowest BCUT2D eigenvalue weighted by Crippen LogP contribution is -2.58. The van der Waals surface area contributed by atoms with Crippen molar-refractivity contribution in [2.75, 3.05) is 4.90 Å². The maximum atomic E-state index is 6.30. The number of hydrogen-bond acceptors (Lipinski definition) is 8. The van der Waals surface area contributed by atoms with Gasteiger partial charge in [-0.05, 0) is 55.5 Å². The van der Waals surface area contributed by atoms with Crippen LogP contribution in [-0.2, 0) is 13.2 Å². The number of ether oxygens (including phenoxy) is 1. The second-order valence-electron chi connectivity index (χ2n) is 8.49. The molecule has 178 valence electrons. The largest absolute Gasteiger partial charge is 0.487 e. The molecule has 10 heteroatoms. The monoisotopic (exact) mass is 480 g/mol. The van der Waals surface area contributed by atoms with Gasteiger partial charge in [-0.3, -0.25) is 4.90 Å². The third-order valence-electron chi connectivity index (χ3n) is 6.11. The van der Waals surface area contributed by atoms with Gasteiger partial charge in [-0.25, -0.2) is 9.67 Å². The molecular weight excluding hydrogens is 452 g/mol. The van der Waals surface area contributed by atoms with E-state index in [1.54, 1.807) is 0 Å². The highest BCUT2D eigenvalue weighted by atomic mass is 35.5. The highest BCUT2D eigenvalue weighted by molar-refractivity contribution is 6.05. The first-order chi connectivity index (χ1) is 16.1. The van der Waals surface area contributed by atoms with Crippen molar-refractivity contribution in [1.29, 1.82) is 0 Å². The van der Waals surface area contributed by atoms with Crippen LogP contribution in [0.15, 0.2) is 70.8 Å². The standard InChI is InChI=1S/C24H28N8O.ClH/c25-22-27-23(26)32(24(28-22)13-5-2-6-14-24)20-9-11-21(12-10-20)33-17-19-16-31(30-29-19)15-18-7-3-1-4-8-18;/h1,3-4,7-12,16H,2,5-6,13-15,17H2,(H4,25,26,27,28);1H. The van der Waals surface area contributed by atoms with Crippen LogP contribution < -0.4 is 21.1 Å². The Labute approximate surface area is 204 Å². The fourth-order valence-corrected chi connectivity index (χ4v) is 4.60. The van der Waals surface area contributed by atoms with Crippen molar-refractivity contribution in [2.45, 2.75) is 50.9 Å². The van der Waals surface area contributed by atoms with E-state index in [1.165, 1.54) is 12.0 Å². The van der Waals surface area contributed by atoms with Crippen molar-refractivity contribution in [3.05, 3.63) is 72.1 Å². The molecule has 0 bridgehead atoms. The molecule has 1 fully saturated rings. The van der Waals surface area contributed by atoms with Crippen LogP contribution in [0.1, 0.15) is 43.4 Å². The van der Waals surface area contributed by atoms with Crippen LogP contribution in [0, 0.1) is 0 Å². The zero-order valence-electron chi connectivity index (χ0n) is 18.9. The Balaban J connectivity index is 0.00000274. The second-order valence-corrected chi connectivity index (χ2v) is 8.49. The number of rotatable bonds is 6. The molecule has 1 aromatic heterocycles. The minimum absolute atomic E-state index is 0. The molecule has 5 rings (SSSR count). The Hall–Kier alpha value is -3.59. The molecule has 4 N–H and O–H groups in total. The number of nitrogens with two attached hydrogens (primary N) is 2. The lowest BCUT2D eigenvalue weighted by Gasteiger charge is -2.45. The average Bonchev–Trinajstić information content (AvgIpc) is 3.26. The molecule has 34 heavy (non-hydrogen) atoms. The predicted octanol–water partition coefficient (Wildman–Crippen LogP) is 3.44. The number of anilines is 1. The highest BCUT2D eigenvalue weighted by Gasteiger charge is 2.42. The van der Waals surface area contributed by atoms with Gasteiger partial charge in [0.2, 0.25) is 11.9 Å². The van der Waals surface area contributed by atoms with Crippen LogP contribution in [0.25, 0.3) is 0 Å². The van der Waals surface area contributed by atoms with Gasteiger partial charge in [0.15, 0.2) is 0 Å². The van der Waals surface area contributed by atoms with Crippen LogP contribution in [0.5, 0.6) is 5.75 Å². The maximum Gasteiger partial charge on any atom is 0.220 e. The van der Waals surface area contributed by atoms with Gasteiger partial charge in [0.05, 0.1) is 12.7 Å². The number of hydrogen-bond donors (Lipinski definition) is 2. The molecule has 0 radical (unpaired) electrons. The van der Waals surface area contributed by atoms with E-state index >= 15 is 0 Å². The first-order valence-corrected chi connectivity index (χ1v) is 11.3. The Morgan fingerprint density at radius 3 is 2.41 bits per heavy atom. The van der Waals surface area contributed by atoms with Gasteiger partial charge in [0, 0.05) is 5.69 Å². The van der Waals surface area contributed by atoms with E-state index in [9.17, 15) is 0 Å². The smallest absolute Gasteiger partial charge is 0.220 e. The first-order valence-electron chi connectivity index (χ1n) is 11.3. The van der Waals surface area contributed by atoms with E-state index in [0.29, 0.717) is 19.1 Å². The van der Waals surface area contributed by atoms with Crippen molar-refractivity contribution in [3.63, 3.8) is 0 Å². The lowest BCUT2D eigenvalue weighted by atomic mass is 9.87. The third kappa shape index (κ3) is 4.99. The summed E-state index contributed by atoms with van der Waals surface area (Å²) in [6, 6.07) is 18.0. The van der Waals surface area contributed by atoms with Crippen molar-refractivity contribution >= 4 is 30.0 Å². The number of halogens is 1. The Bertz CT molecular complexity index is 1150. The number of aromatic nitrogens is 3. The quantitative estimate of drug-likeness (QED) is 0.557. The Kier molecular flexibility index (Phi) is 7.02. The molecule has 0 unspecified atom stereocenters. The molecule has 1 aliphatic carbocycles. The van der Waals surface area contributed by atoms with Crippen LogP contribution in [0.2, 0.25) is 0 Å². The lowest BCUT2D eigenvalue weighted by molar-refractivity contribution is 0.299. The summed E-state index contributed by atoms with van der Waals surface area (Å²) in [4.78, 5) is 11.0. The molecule has 2 aromatic carbocycles. The van der Waals surface area contributed by atoms with Crippen molar-refractivity contribution in [2.24, 2.45) is 21.5 Å². The van der Waals surface area contributed by atoms with Crippen LogP contribution in [-0.4, -0.2) is 32.6 Å². The van der Waals surface area contributed by atoms with Crippen molar-refractivity contribution < 1.29 is 4.74 Å². The molecule has 0 atom stereocenters. The summed E-state index contributed by atoms with van der Waals surface area (Å²) in [5, 5.41) is 8.41. The summed E-state index contributed by atoms with van der Waals surface area (Å²) >= 11 is 0. The Morgan fingerprint density at radius 1 is 0.941 bits per heavy atom. The number of nitrogens with zero attached hydrogens (tertiary/aromatic N) is 6. The average molecular weight is 481 g/mol. The summed E-state index contributed by atoms with van der Waals surface area (Å²) in [6.45, 7) is 1.02. The van der Waals surface area contributed by atoms with Crippen LogP contribution in [0.3, 0.4) is 0 Å². The van der Waals surface area contributed by atoms with Crippen molar-refractivity contribution in [1.82, 2.24) is 15.0 Å². The summed E-state index contributed by atoms with van der Waals surface area (Å²) < 4.78 is 7.75. The number of guanidine groups is 2. The zero-order valence-corrected chi connectivity index (χ0v) is 19.7. The van der Waals surface area contributed by atoms with E-state index in [1.807, 2.05) is 58.2 Å². The molecule has 1 saturated carbocycles. The minimum atomic E-state index is -0.451. The number of benzene rings is 2. The van der Waals surface area contributed by atoms with Gasteiger partial charge >= 0.3 is 0 Å². The predicted molar refractivity (Wildman–Crippen MR) is 135 cm³/mol. The normalized spacial score (nSPS) is 17.0. The summed E-state index contributed by atoms with van der Waals surface area (Å²) in [7, 11) is 0. The van der Waals surface area contributed by atoms with Gasteiger partial charge in [0.25, 0.3) is 0 Å². The SMILES string of the molecule is Cl.NC1=NC2(CCCCC2)N(c2ccc(OCc3cn(Cc4ccccc4)nn3)cc2)C(N)=N1. The molecule has 0 amide bonds. The fourth-order valence-electron chi connectivity index (χ4n) is 4.60. The van der Waals surface area contributed by atoms with E-state index in [4.69, 9.17) is 21.2 Å². The van der Waals surface area contributed by atoms with E-state index in [-0.39, 0.29) is 18.4 Å². The molecular formula is C24H29ClN8O. The van der Waals surface area contributed by atoms with E-state index in [2.05, 4.69) is 27.4 Å². The maximum absolute atomic E-state index is 6.30. The molecule has 1 spiro atoms. The summed E-state index contributed by atoms with van der Waals surface area (Å²) in [5.74, 6) is 1.38. The topological polar surface area (TPSA) is 120 Å². The summed E-state index contributed by atoms with van der Waals surface area (Å²) in [6.07, 6.45) is 7.09. The van der Waals surface area contributed by atoms with E-state index < -0.39 is 5.66 Å². The molecule has 9 nitrogen and oxygen atoms in total. The van der Waals surface area contributed by atoms with Gasteiger partial charge in [0.1, 0.15) is 23.7 Å². The number of aliphatic imine (C=N–C) groups is 2. The van der Waals surface area contributed by atoms with Crippen LogP contribution in [0.4, 0.5) is 5.69 Å². The van der Waals surface area contributed by atoms with Gasteiger partial charge in [-0.15, -0.1) is 17.5 Å². The van der Waals surface area contributed by atoms with Gasteiger partial charge in [-0.1, -0.05) is 42.0 Å². The van der Waals surface area contributed by atoms with Crippen molar-refractivity contribution in [3.8, 4) is 5.75 Å².